The highest BCUT2D eigenvalue weighted by Gasteiger charge is 2.09. The van der Waals surface area contributed by atoms with Gasteiger partial charge in [-0.25, -0.2) is 0 Å². The van der Waals surface area contributed by atoms with E-state index in [4.69, 9.17) is 0 Å². The highest BCUT2D eigenvalue weighted by atomic mass is 32.1. The van der Waals surface area contributed by atoms with Crippen LogP contribution in [0.3, 0.4) is 0 Å². The zero-order valence-electron chi connectivity index (χ0n) is 9.92. The lowest BCUT2D eigenvalue weighted by Crippen LogP contribution is -2.31. The van der Waals surface area contributed by atoms with Crippen LogP contribution in [0.15, 0.2) is 12.2 Å². The Morgan fingerprint density at radius 3 is 2.21 bits per heavy atom. The van der Waals surface area contributed by atoms with Gasteiger partial charge >= 0.3 is 0 Å². The molecule has 0 unspecified atom stereocenters. The zero-order chi connectivity index (χ0) is 11.0. The molecule has 0 bridgehead atoms. The van der Waals surface area contributed by atoms with Gasteiger partial charge in [-0.2, -0.15) is 12.6 Å². The van der Waals surface area contributed by atoms with E-state index in [1.165, 1.54) is 25.0 Å². The van der Waals surface area contributed by atoms with E-state index in [-0.39, 0.29) is 0 Å². The van der Waals surface area contributed by atoms with Crippen molar-refractivity contribution in [3.05, 3.63) is 12.2 Å². The molecule has 14 heavy (non-hydrogen) atoms. The second kappa shape index (κ2) is 8.37. The van der Waals surface area contributed by atoms with Crippen LogP contribution in [0.4, 0.5) is 0 Å². The molecule has 0 radical (unpaired) electrons. The summed E-state index contributed by atoms with van der Waals surface area (Å²) in [5, 5.41) is 0. The van der Waals surface area contributed by atoms with Gasteiger partial charge in [0.25, 0.3) is 0 Å². The Morgan fingerprint density at radius 2 is 1.86 bits per heavy atom. The van der Waals surface area contributed by atoms with Crippen molar-refractivity contribution >= 4 is 12.6 Å². The summed E-state index contributed by atoms with van der Waals surface area (Å²) in [7, 11) is 0. The van der Waals surface area contributed by atoms with Crippen LogP contribution in [0.2, 0.25) is 0 Å². The maximum Gasteiger partial charge on any atom is 0.0198 e. The minimum Gasteiger partial charge on any atom is -0.299 e. The second-order valence-corrected chi connectivity index (χ2v) is 4.23. The molecule has 0 spiro atoms. The summed E-state index contributed by atoms with van der Waals surface area (Å²) in [5.41, 5.74) is 1.22. The molecule has 0 aliphatic carbocycles. The third-order valence-corrected chi connectivity index (χ3v) is 3.24. The Labute approximate surface area is 95.0 Å². The van der Waals surface area contributed by atoms with Gasteiger partial charge in [-0.1, -0.05) is 45.8 Å². The van der Waals surface area contributed by atoms with Gasteiger partial charge in [0.1, 0.15) is 0 Å². The number of nitrogens with zero attached hydrogens (tertiary/aromatic N) is 1. The average Bonchev–Trinajstić information content (AvgIpc) is 2.23. The van der Waals surface area contributed by atoms with Gasteiger partial charge in [-0.3, -0.25) is 4.90 Å². The first-order valence-electron chi connectivity index (χ1n) is 5.67. The molecule has 0 rings (SSSR count). The van der Waals surface area contributed by atoms with Crippen molar-refractivity contribution in [3.63, 3.8) is 0 Å². The first-order valence-corrected chi connectivity index (χ1v) is 6.30. The largest absolute Gasteiger partial charge is 0.299 e. The summed E-state index contributed by atoms with van der Waals surface area (Å²) >= 11 is 4.24. The lowest BCUT2D eigenvalue weighted by molar-refractivity contribution is 0.251. The van der Waals surface area contributed by atoms with Crippen LogP contribution in [0.25, 0.3) is 0 Å². The van der Waals surface area contributed by atoms with Gasteiger partial charge < -0.3 is 0 Å². The number of hydrogen-bond donors (Lipinski definition) is 1. The SMILES string of the molecule is C=C(CS)CN(CC)CC(CC)CC. The molecule has 2 heteroatoms. The molecule has 0 aliphatic rings. The molecular weight excluding hydrogens is 190 g/mol. The fourth-order valence-corrected chi connectivity index (χ4v) is 1.68. The van der Waals surface area contributed by atoms with Crippen LogP contribution < -0.4 is 0 Å². The van der Waals surface area contributed by atoms with Gasteiger partial charge in [-0.15, -0.1) is 0 Å². The van der Waals surface area contributed by atoms with E-state index in [0.29, 0.717) is 0 Å². The topological polar surface area (TPSA) is 3.24 Å². The van der Waals surface area contributed by atoms with Crippen molar-refractivity contribution in [2.75, 3.05) is 25.4 Å². The molecule has 0 amide bonds. The molecule has 84 valence electrons. The van der Waals surface area contributed by atoms with Crippen LogP contribution in [0.5, 0.6) is 0 Å². The van der Waals surface area contributed by atoms with Gasteiger partial charge in [0.2, 0.25) is 0 Å². The summed E-state index contributed by atoms with van der Waals surface area (Å²) in [6.07, 6.45) is 2.56. The van der Waals surface area contributed by atoms with E-state index in [1.807, 2.05) is 0 Å². The van der Waals surface area contributed by atoms with Gasteiger partial charge in [0.15, 0.2) is 0 Å². The van der Waals surface area contributed by atoms with E-state index in [0.717, 1.165) is 24.8 Å². The summed E-state index contributed by atoms with van der Waals surface area (Å²) in [4.78, 5) is 2.47. The quantitative estimate of drug-likeness (QED) is 0.480. The Hall–Kier alpha value is 0.0500. The normalized spacial score (nSPS) is 11.3. The van der Waals surface area contributed by atoms with Crippen molar-refractivity contribution in [1.82, 2.24) is 4.90 Å². The molecule has 0 heterocycles. The summed E-state index contributed by atoms with van der Waals surface area (Å²) < 4.78 is 0. The van der Waals surface area contributed by atoms with Crippen LogP contribution in [-0.4, -0.2) is 30.3 Å². The maximum absolute atomic E-state index is 4.24. The number of rotatable bonds is 8. The molecule has 0 saturated heterocycles. The Balaban J connectivity index is 3.94. The Bertz CT molecular complexity index is 152. The number of likely N-dealkylation sites (N-methyl/N-ethyl adjacent to an activating group) is 1. The average molecular weight is 215 g/mol. The van der Waals surface area contributed by atoms with Crippen LogP contribution in [-0.2, 0) is 0 Å². The summed E-state index contributed by atoms with van der Waals surface area (Å²) in [5.74, 6) is 1.64. The van der Waals surface area contributed by atoms with E-state index in [9.17, 15) is 0 Å². The molecule has 0 aromatic rings. The van der Waals surface area contributed by atoms with E-state index in [1.54, 1.807) is 0 Å². The van der Waals surface area contributed by atoms with Gasteiger partial charge in [0.05, 0.1) is 0 Å². The highest BCUT2D eigenvalue weighted by Crippen LogP contribution is 2.11. The minimum atomic E-state index is 0.805. The van der Waals surface area contributed by atoms with Gasteiger partial charge in [0, 0.05) is 18.8 Å². The molecular formula is C12H25NS. The minimum absolute atomic E-state index is 0.805. The fourth-order valence-electron chi connectivity index (χ4n) is 1.58. The molecule has 0 aromatic heterocycles. The lowest BCUT2D eigenvalue weighted by atomic mass is 10.0. The van der Waals surface area contributed by atoms with Gasteiger partial charge in [-0.05, 0) is 12.5 Å². The Kier molecular flexibility index (Phi) is 8.40. The van der Waals surface area contributed by atoms with Crippen molar-refractivity contribution in [2.45, 2.75) is 33.6 Å². The third kappa shape index (κ3) is 5.71. The second-order valence-electron chi connectivity index (χ2n) is 3.92. The predicted octanol–water partition coefficient (Wildman–Crippen LogP) is 3.23. The maximum atomic E-state index is 4.24. The monoisotopic (exact) mass is 215 g/mol. The van der Waals surface area contributed by atoms with Crippen molar-refractivity contribution in [1.29, 1.82) is 0 Å². The third-order valence-electron chi connectivity index (χ3n) is 2.79. The number of thiol groups is 1. The smallest absolute Gasteiger partial charge is 0.0198 e. The van der Waals surface area contributed by atoms with Crippen LogP contribution >= 0.6 is 12.6 Å². The van der Waals surface area contributed by atoms with Crippen LogP contribution in [0.1, 0.15) is 33.6 Å². The molecule has 0 N–H and O–H groups in total. The van der Waals surface area contributed by atoms with Crippen molar-refractivity contribution in [3.8, 4) is 0 Å². The molecule has 1 nitrogen and oxygen atoms in total. The lowest BCUT2D eigenvalue weighted by Gasteiger charge is -2.25. The first-order chi connectivity index (χ1) is 6.67. The van der Waals surface area contributed by atoms with E-state index < -0.39 is 0 Å². The molecule has 0 atom stereocenters. The fraction of sp³-hybridized carbons (Fsp3) is 0.833. The van der Waals surface area contributed by atoms with Crippen molar-refractivity contribution < 1.29 is 0 Å². The molecule has 0 aromatic carbocycles. The standard InChI is InChI=1S/C12H25NS/c1-5-12(6-2)9-13(7-3)8-11(4)10-14/h12,14H,4-10H2,1-3H3. The van der Waals surface area contributed by atoms with E-state index >= 15 is 0 Å². The Morgan fingerprint density at radius 1 is 1.29 bits per heavy atom. The molecule has 0 aliphatic heterocycles. The predicted molar refractivity (Wildman–Crippen MR) is 69.2 cm³/mol. The summed E-state index contributed by atoms with van der Waals surface area (Å²) in [6, 6.07) is 0. The highest BCUT2D eigenvalue weighted by molar-refractivity contribution is 7.80. The molecule has 0 fully saturated rings. The van der Waals surface area contributed by atoms with Crippen LogP contribution in [0, 0.1) is 5.92 Å². The molecule has 0 saturated carbocycles. The summed E-state index contributed by atoms with van der Waals surface area (Å²) in [6.45, 7) is 14.1. The van der Waals surface area contributed by atoms with Crippen molar-refractivity contribution in [2.24, 2.45) is 5.92 Å². The first kappa shape index (κ1) is 14.1. The zero-order valence-corrected chi connectivity index (χ0v) is 10.8. The van der Waals surface area contributed by atoms with E-state index in [2.05, 4.69) is 44.9 Å². The number of hydrogen-bond acceptors (Lipinski definition) is 2.